The Bertz CT molecular complexity index is 329. The fourth-order valence-corrected chi connectivity index (χ4v) is 2.04. The van der Waals surface area contributed by atoms with Gasteiger partial charge in [0, 0.05) is 12.0 Å². The third-order valence-electron chi connectivity index (χ3n) is 4.08. The Hall–Kier alpha value is -0.910. The molecule has 0 aliphatic carbocycles. The highest BCUT2D eigenvalue weighted by molar-refractivity contribution is 5.86. The first-order valence-corrected chi connectivity index (χ1v) is 7.19. The summed E-state index contributed by atoms with van der Waals surface area (Å²) < 4.78 is 10.9. The van der Waals surface area contributed by atoms with Crippen molar-refractivity contribution in [1.29, 1.82) is 0 Å². The number of hydrogen-bond acceptors (Lipinski definition) is 5. The number of hydrogen-bond donors (Lipinski definition) is 0. The molecule has 0 spiro atoms. The summed E-state index contributed by atoms with van der Waals surface area (Å²) in [5.41, 5.74) is 0.205. The molecule has 0 amide bonds. The molecule has 0 bridgehead atoms. The molecule has 1 aliphatic heterocycles. The molecule has 20 heavy (non-hydrogen) atoms. The lowest BCUT2D eigenvalue weighted by atomic mass is 9.78. The SMILES string of the molecule is C=C(C)C(=O)OOC(CC1OCCO1)C(C)(CC)CC. The van der Waals surface area contributed by atoms with Crippen LogP contribution in [-0.4, -0.2) is 31.6 Å². The van der Waals surface area contributed by atoms with Crippen molar-refractivity contribution in [3.63, 3.8) is 0 Å². The molecular formula is C15H26O5. The molecule has 1 fully saturated rings. The molecule has 5 heteroatoms. The number of carbonyl (C=O) groups is 1. The van der Waals surface area contributed by atoms with Crippen LogP contribution in [0.5, 0.6) is 0 Å². The monoisotopic (exact) mass is 286 g/mol. The Morgan fingerprint density at radius 1 is 1.35 bits per heavy atom. The standard InChI is InChI=1S/C15H26O5/c1-6-15(5,7-2)12(10-13-17-8-9-18-13)19-20-14(16)11(3)4/h12-13H,3,6-10H2,1-2,4-5H3. The van der Waals surface area contributed by atoms with Gasteiger partial charge in [-0.2, -0.15) is 4.89 Å². The number of rotatable bonds is 8. The van der Waals surface area contributed by atoms with Crippen molar-refractivity contribution in [1.82, 2.24) is 0 Å². The van der Waals surface area contributed by atoms with Gasteiger partial charge in [-0.05, 0) is 25.2 Å². The van der Waals surface area contributed by atoms with Crippen molar-refractivity contribution in [2.24, 2.45) is 5.41 Å². The molecule has 1 unspecified atom stereocenters. The fourth-order valence-electron chi connectivity index (χ4n) is 2.04. The lowest BCUT2D eigenvalue weighted by Crippen LogP contribution is -2.37. The summed E-state index contributed by atoms with van der Waals surface area (Å²) in [6, 6.07) is 0. The van der Waals surface area contributed by atoms with Gasteiger partial charge in [0.2, 0.25) is 0 Å². The van der Waals surface area contributed by atoms with Gasteiger partial charge in [-0.3, -0.25) is 4.89 Å². The molecule has 1 saturated heterocycles. The molecular weight excluding hydrogens is 260 g/mol. The molecule has 1 aliphatic rings. The van der Waals surface area contributed by atoms with E-state index in [1.807, 2.05) is 0 Å². The van der Waals surface area contributed by atoms with Gasteiger partial charge >= 0.3 is 5.97 Å². The van der Waals surface area contributed by atoms with E-state index in [1.165, 1.54) is 0 Å². The summed E-state index contributed by atoms with van der Waals surface area (Å²) in [6.45, 7) is 12.6. The summed E-state index contributed by atoms with van der Waals surface area (Å²) in [5, 5.41) is 0. The minimum absolute atomic E-state index is 0.106. The van der Waals surface area contributed by atoms with Crippen LogP contribution in [0.1, 0.15) is 47.0 Å². The van der Waals surface area contributed by atoms with Crippen LogP contribution in [0.4, 0.5) is 0 Å². The second kappa shape index (κ2) is 7.76. The van der Waals surface area contributed by atoms with Gasteiger partial charge in [-0.15, -0.1) is 0 Å². The molecule has 1 rings (SSSR count). The predicted octanol–water partition coefficient (Wildman–Crippen LogP) is 3.00. The maximum atomic E-state index is 11.5. The average Bonchev–Trinajstić information content (AvgIpc) is 2.94. The lowest BCUT2D eigenvalue weighted by Gasteiger charge is -2.35. The second-order valence-electron chi connectivity index (χ2n) is 5.50. The van der Waals surface area contributed by atoms with Crippen LogP contribution < -0.4 is 0 Å². The Kier molecular flexibility index (Phi) is 6.65. The molecule has 0 aromatic carbocycles. The molecule has 0 N–H and O–H groups in total. The van der Waals surface area contributed by atoms with Gasteiger partial charge in [0.25, 0.3) is 0 Å². The van der Waals surface area contributed by atoms with Gasteiger partial charge in [0.15, 0.2) is 6.29 Å². The first-order chi connectivity index (χ1) is 9.42. The Labute approximate surface area is 121 Å². The largest absolute Gasteiger partial charge is 0.368 e. The molecule has 0 aromatic heterocycles. The van der Waals surface area contributed by atoms with Gasteiger partial charge in [0.05, 0.1) is 13.2 Å². The Morgan fingerprint density at radius 3 is 2.35 bits per heavy atom. The van der Waals surface area contributed by atoms with E-state index in [-0.39, 0.29) is 17.8 Å². The third kappa shape index (κ3) is 4.58. The highest BCUT2D eigenvalue weighted by Gasteiger charge is 2.37. The quantitative estimate of drug-likeness (QED) is 0.390. The zero-order valence-corrected chi connectivity index (χ0v) is 12.9. The van der Waals surface area contributed by atoms with Crippen molar-refractivity contribution in [3.05, 3.63) is 12.2 Å². The summed E-state index contributed by atoms with van der Waals surface area (Å²) in [6.07, 6.45) is 1.79. The van der Waals surface area contributed by atoms with E-state index in [9.17, 15) is 4.79 Å². The summed E-state index contributed by atoms with van der Waals surface area (Å²) in [4.78, 5) is 21.8. The zero-order valence-electron chi connectivity index (χ0n) is 12.9. The normalized spacial score (nSPS) is 18.0. The first kappa shape index (κ1) is 17.1. The van der Waals surface area contributed by atoms with E-state index in [4.69, 9.17) is 19.2 Å². The molecule has 0 saturated carbocycles. The van der Waals surface area contributed by atoms with E-state index in [0.717, 1.165) is 12.8 Å². The maximum Gasteiger partial charge on any atom is 0.368 e. The topological polar surface area (TPSA) is 54.0 Å². The van der Waals surface area contributed by atoms with Crippen molar-refractivity contribution in [2.75, 3.05) is 13.2 Å². The summed E-state index contributed by atoms with van der Waals surface area (Å²) in [7, 11) is 0. The van der Waals surface area contributed by atoms with E-state index in [0.29, 0.717) is 25.2 Å². The number of carbonyl (C=O) groups excluding carboxylic acids is 1. The lowest BCUT2D eigenvalue weighted by molar-refractivity contribution is -0.322. The van der Waals surface area contributed by atoms with E-state index in [1.54, 1.807) is 6.92 Å². The van der Waals surface area contributed by atoms with Gasteiger partial charge in [-0.25, -0.2) is 4.79 Å². The molecule has 5 nitrogen and oxygen atoms in total. The van der Waals surface area contributed by atoms with Crippen LogP contribution >= 0.6 is 0 Å². The van der Waals surface area contributed by atoms with Crippen LogP contribution in [0, 0.1) is 5.41 Å². The summed E-state index contributed by atoms with van der Waals surface area (Å²) in [5.74, 6) is -0.544. The molecule has 1 atom stereocenters. The molecule has 116 valence electrons. The molecule has 1 heterocycles. The third-order valence-corrected chi connectivity index (χ3v) is 4.08. The van der Waals surface area contributed by atoms with E-state index in [2.05, 4.69) is 27.4 Å². The van der Waals surface area contributed by atoms with E-state index >= 15 is 0 Å². The van der Waals surface area contributed by atoms with Crippen LogP contribution in [-0.2, 0) is 24.0 Å². The maximum absolute atomic E-state index is 11.5. The fraction of sp³-hybridized carbons (Fsp3) is 0.800. The zero-order chi connectivity index (χ0) is 15.2. The van der Waals surface area contributed by atoms with Crippen LogP contribution in [0.3, 0.4) is 0 Å². The van der Waals surface area contributed by atoms with Crippen molar-refractivity contribution < 1.29 is 24.0 Å². The van der Waals surface area contributed by atoms with Crippen molar-refractivity contribution in [3.8, 4) is 0 Å². The molecule has 0 radical (unpaired) electrons. The van der Waals surface area contributed by atoms with Gasteiger partial charge in [0.1, 0.15) is 6.10 Å². The molecule has 0 aromatic rings. The smallest absolute Gasteiger partial charge is 0.350 e. The minimum Gasteiger partial charge on any atom is -0.350 e. The number of ether oxygens (including phenoxy) is 2. The van der Waals surface area contributed by atoms with E-state index < -0.39 is 5.97 Å². The minimum atomic E-state index is -0.544. The Morgan fingerprint density at radius 2 is 1.90 bits per heavy atom. The van der Waals surface area contributed by atoms with Crippen molar-refractivity contribution in [2.45, 2.75) is 59.4 Å². The second-order valence-corrected chi connectivity index (χ2v) is 5.50. The van der Waals surface area contributed by atoms with Crippen LogP contribution in [0.25, 0.3) is 0 Å². The highest BCUT2D eigenvalue weighted by atomic mass is 17.2. The summed E-state index contributed by atoms with van der Waals surface area (Å²) >= 11 is 0. The predicted molar refractivity (Wildman–Crippen MR) is 74.8 cm³/mol. The van der Waals surface area contributed by atoms with Gasteiger partial charge in [-0.1, -0.05) is 27.4 Å². The first-order valence-electron chi connectivity index (χ1n) is 7.19. The van der Waals surface area contributed by atoms with Crippen LogP contribution in [0.15, 0.2) is 12.2 Å². The average molecular weight is 286 g/mol. The Balaban J connectivity index is 2.67. The van der Waals surface area contributed by atoms with Crippen LogP contribution in [0.2, 0.25) is 0 Å². The van der Waals surface area contributed by atoms with Crippen molar-refractivity contribution >= 4 is 5.97 Å². The highest BCUT2D eigenvalue weighted by Crippen LogP contribution is 2.35. The van der Waals surface area contributed by atoms with Gasteiger partial charge < -0.3 is 9.47 Å².